The predicted octanol–water partition coefficient (Wildman–Crippen LogP) is 5.21. The first kappa shape index (κ1) is 16.7. The van der Waals surface area contributed by atoms with Crippen molar-refractivity contribution in [3.63, 3.8) is 0 Å². The molecule has 0 atom stereocenters. The molecule has 1 spiro atoms. The molecule has 1 aliphatic carbocycles. The molecule has 0 saturated heterocycles. The van der Waals surface area contributed by atoms with Crippen LogP contribution < -0.4 is 4.90 Å². The molecule has 3 heterocycles. The summed E-state index contributed by atoms with van der Waals surface area (Å²) in [5, 5.41) is 4.12. The summed E-state index contributed by atoms with van der Waals surface area (Å²) in [6.45, 7) is 0.838. The minimum Gasteiger partial charge on any atom is -0.311 e. The number of pyridine rings is 1. The zero-order valence-corrected chi connectivity index (χ0v) is 16.0. The van der Waals surface area contributed by atoms with Crippen molar-refractivity contribution in [1.82, 2.24) is 4.98 Å². The number of hydrogen-bond donors (Lipinski definition) is 0. The van der Waals surface area contributed by atoms with Gasteiger partial charge in [0.2, 0.25) is 5.91 Å². The fraction of sp³-hybridized carbons (Fsp3) is 0.304. The number of hydrogen-bond acceptors (Lipinski definition) is 3. The topological polar surface area (TPSA) is 33.2 Å². The van der Waals surface area contributed by atoms with E-state index in [1.807, 2.05) is 17.8 Å². The van der Waals surface area contributed by atoms with Crippen LogP contribution in [0, 0.1) is 0 Å². The molecule has 1 saturated carbocycles. The van der Waals surface area contributed by atoms with Crippen LogP contribution in [-0.2, 0) is 16.6 Å². The first-order valence-electron chi connectivity index (χ1n) is 9.62. The minimum absolute atomic E-state index is 0.142. The van der Waals surface area contributed by atoms with Crippen LogP contribution in [0.5, 0.6) is 0 Å². The quantitative estimate of drug-likeness (QED) is 0.630. The maximum Gasteiger partial charge on any atom is 0.231 e. The van der Waals surface area contributed by atoms with E-state index >= 15 is 0 Å². The number of nitrogens with zero attached hydrogens (tertiary/aromatic N) is 2. The Bertz CT molecular complexity index is 959. The van der Waals surface area contributed by atoms with Crippen molar-refractivity contribution in [1.29, 1.82) is 0 Å². The fourth-order valence-corrected chi connectivity index (χ4v) is 5.43. The van der Waals surface area contributed by atoms with Gasteiger partial charge >= 0.3 is 0 Å². The van der Waals surface area contributed by atoms with Crippen molar-refractivity contribution in [2.75, 3.05) is 11.4 Å². The lowest BCUT2D eigenvalue weighted by molar-refractivity contribution is -0.118. The van der Waals surface area contributed by atoms with Gasteiger partial charge < -0.3 is 4.90 Å². The van der Waals surface area contributed by atoms with Crippen LogP contribution in [0.25, 0.3) is 11.1 Å². The lowest BCUT2D eigenvalue weighted by atomic mass is 9.80. The molecule has 2 aliphatic rings. The van der Waals surface area contributed by atoms with E-state index in [0.717, 1.165) is 17.8 Å². The summed E-state index contributed by atoms with van der Waals surface area (Å²) >= 11 is 1.65. The summed E-state index contributed by atoms with van der Waals surface area (Å²) in [7, 11) is 0. The number of rotatable bonds is 3. The fourth-order valence-electron chi connectivity index (χ4n) is 4.76. The molecule has 1 aromatic carbocycles. The lowest BCUT2D eigenvalue weighted by Gasteiger charge is -2.25. The van der Waals surface area contributed by atoms with Crippen molar-refractivity contribution < 1.29 is 4.79 Å². The molecule has 27 heavy (non-hydrogen) atoms. The molecule has 3 nitrogen and oxygen atoms in total. The van der Waals surface area contributed by atoms with E-state index in [9.17, 15) is 4.79 Å². The van der Waals surface area contributed by atoms with Gasteiger partial charge in [-0.25, -0.2) is 0 Å². The van der Waals surface area contributed by atoms with E-state index in [4.69, 9.17) is 0 Å². The molecule has 1 aliphatic heterocycles. The number of amides is 1. The van der Waals surface area contributed by atoms with Gasteiger partial charge in [-0.15, -0.1) is 0 Å². The highest BCUT2D eigenvalue weighted by molar-refractivity contribution is 7.08. The normalized spacial score (nSPS) is 17.4. The second-order valence-electron chi connectivity index (χ2n) is 7.74. The van der Waals surface area contributed by atoms with Crippen LogP contribution >= 0.6 is 11.3 Å². The van der Waals surface area contributed by atoms with Gasteiger partial charge in [0.25, 0.3) is 0 Å². The van der Waals surface area contributed by atoms with Gasteiger partial charge in [0.15, 0.2) is 0 Å². The predicted molar refractivity (Wildman–Crippen MR) is 110 cm³/mol. The minimum atomic E-state index is 0.142. The molecule has 136 valence electrons. The Balaban J connectivity index is 1.54. The zero-order valence-electron chi connectivity index (χ0n) is 15.2. The van der Waals surface area contributed by atoms with E-state index in [-0.39, 0.29) is 11.3 Å². The Morgan fingerprint density at radius 3 is 2.63 bits per heavy atom. The van der Waals surface area contributed by atoms with E-state index in [0.29, 0.717) is 6.42 Å². The smallest absolute Gasteiger partial charge is 0.231 e. The zero-order chi connectivity index (χ0) is 18.3. The summed E-state index contributed by atoms with van der Waals surface area (Å²) in [4.78, 5) is 19.3. The van der Waals surface area contributed by atoms with Crippen molar-refractivity contribution in [3.8, 4) is 11.1 Å². The highest BCUT2D eigenvalue weighted by Gasteiger charge is 2.46. The van der Waals surface area contributed by atoms with E-state index in [1.165, 1.54) is 42.4 Å². The summed E-state index contributed by atoms with van der Waals surface area (Å²) in [6.07, 6.45) is 9.04. The molecule has 0 bridgehead atoms. The van der Waals surface area contributed by atoms with Crippen LogP contribution in [0.4, 0.5) is 5.69 Å². The molecular weight excluding hydrogens is 352 g/mol. The maximum absolute atomic E-state index is 13.1. The van der Waals surface area contributed by atoms with Gasteiger partial charge in [-0.2, -0.15) is 11.3 Å². The van der Waals surface area contributed by atoms with E-state index in [1.54, 1.807) is 11.3 Å². The second-order valence-corrected chi connectivity index (χ2v) is 8.52. The first-order chi connectivity index (χ1) is 13.3. The SMILES string of the molecule is O=C(Cc1ccsc1)N1CC2(CCCC2)c2cc(-c3ccncc3)ccc21. The molecule has 2 aromatic heterocycles. The molecule has 0 unspecified atom stereocenters. The average molecular weight is 375 g/mol. The molecular formula is C23H22N2OS. The standard InChI is InChI=1S/C23H22N2OS/c26-22(13-17-7-12-27-15-17)25-16-23(8-1-2-9-23)20-14-19(3-4-21(20)25)18-5-10-24-11-6-18/h3-7,10-12,14-15H,1-2,8-9,13,16H2. The number of aromatic nitrogens is 1. The lowest BCUT2D eigenvalue weighted by Crippen LogP contribution is -2.36. The number of carbonyl (C=O) groups is 1. The molecule has 5 rings (SSSR count). The molecule has 0 N–H and O–H groups in total. The van der Waals surface area contributed by atoms with Gasteiger partial charge in [0.05, 0.1) is 6.42 Å². The highest BCUT2D eigenvalue weighted by Crippen LogP contribution is 2.51. The van der Waals surface area contributed by atoms with Gasteiger partial charge in [0.1, 0.15) is 0 Å². The molecule has 3 aromatic rings. The third-order valence-corrected chi connectivity index (χ3v) is 6.86. The van der Waals surface area contributed by atoms with Crippen LogP contribution in [0.1, 0.15) is 36.8 Å². The Morgan fingerprint density at radius 1 is 1.07 bits per heavy atom. The number of benzene rings is 1. The second kappa shape index (κ2) is 6.61. The average Bonchev–Trinajstić information content (AvgIpc) is 3.45. The van der Waals surface area contributed by atoms with Crippen molar-refractivity contribution in [3.05, 3.63) is 70.7 Å². The molecule has 4 heteroatoms. The van der Waals surface area contributed by atoms with Crippen LogP contribution in [0.3, 0.4) is 0 Å². The third kappa shape index (κ3) is 2.88. The summed E-state index contributed by atoms with van der Waals surface area (Å²) in [5.74, 6) is 0.218. The van der Waals surface area contributed by atoms with Crippen LogP contribution in [-0.4, -0.2) is 17.4 Å². The first-order valence-corrected chi connectivity index (χ1v) is 10.6. The number of anilines is 1. The van der Waals surface area contributed by atoms with Gasteiger partial charge in [-0.1, -0.05) is 18.9 Å². The van der Waals surface area contributed by atoms with Crippen molar-refractivity contribution in [2.45, 2.75) is 37.5 Å². The Labute approximate surface area is 163 Å². The molecule has 1 fully saturated rings. The third-order valence-electron chi connectivity index (χ3n) is 6.13. The Morgan fingerprint density at radius 2 is 1.89 bits per heavy atom. The van der Waals surface area contributed by atoms with Crippen molar-refractivity contribution >= 4 is 22.9 Å². The van der Waals surface area contributed by atoms with Gasteiger partial charge in [-0.05, 0) is 76.2 Å². The van der Waals surface area contributed by atoms with Gasteiger partial charge in [0, 0.05) is 30.0 Å². The van der Waals surface area contributed by atoms with Gasteiger partial charge in [-0.3, -0.25) is 9.78 Å². The van der Waals surface area contributed by atoms with E-state index < -0.39 is 0 Å². The number of thiophene rings is 1. The molecule has 0 radical (unpaired) electrons. The summed E-state index contributed by atoms with van der Waals surface area (Å²) < 4.78 is 0. The monoisotopic (exact) mass is 374 g/mol. The Hall–Kier alpha value is -2.46. The number of fused-ring (bicyclic) bond motifs is 2. The number of carbonyl (C=O) groups excluding carboxylic acids is 1. The van der Waals surface area contributed by atoms with Crippen LogP contribution in [0.15, 0.2) is 59.6 Å². The largest absolute Gasteiger partial charge is 0.311 e. The van der Waals surface area contributed by atoms with E-state index in [2.05, 4.69) is 51.7 Å². The van der Waals surface area contributed by atoms with Crippen molar-refractivity contribution in [2.24, 2.45) is 0 Å². The highest BCUT2D eigenvalue weighted by atomic mass is 32.1. The summed E-state index contributed by atoms with van der Waals surface area (Å²) in [5.41, 5.74) is 6.15. The Kier molecular flexibility index (Phi) is 4.09. The molecule has 1 amide bonds. The summed E-state index contributed by atoms with van der Waals surface area (Å²) in [6, 6.07) is 12.8. The van der Waals surface area contributed by atoms with Crippen LogP contribution in [0.2, 0.25) is 0 Å². The maximum atomic E-state index is 13.1.